The zero-order valence-corrected chi connectivity index (χ0v) is 14.8. The fraction of sp³-hybridized carbons (Fsp3) is 0.316. The number of rotatable bonds is 9. The lowest BCUT2D eigenvalue weighted by molar-refractivity contribution is 0.0453. The van der Waals surface area contributed by atoms with Crippen molar-refractivity contribution < 1.29 is 18.7 Å². The maximum Gasteiger partial charge on any atom is 0.254 e. The summed E-state index contributed by atoms with van der Waals surface area (Å²) in [7, 11) is 0. The molecule has 0 fully saturated rings. The van der Waals surface area contributed by atoms with E-state index in [9.17, 15) is 9.18 Å². The Morgan fingerprint density at radius 3 is 2.64 bits per heavy atom. The zero-order chi connectivity index (χ0) is 18.1. The number of amides is 1. The first kappa shape index (κ1) is 19.4. The third-order valence-electron chi connectivity index (χ3n) is 3.47. The molecule has 0 bridgehead atoms. The Labute approximate surface area is 151 Å². The SMILES string of the molecule is CCOCCOCc1cccc(CNC(=O)c2ccc(Cl)cc2F)c1. The minimum absolute atomic E-state index is 0.0280. The molecule has 0 saturated heterocycles. The highest BCUT2D eigenvalue weighted by Crippen LogP contribution is 2.15. The van der Waals surface area contributed by atoms with Crippen molar-refractivity contribution in [1.82, 2.24) is 5.32 Å². The van der Waals surface area contributed by atoms with Crippen molar-refractivity contribution in [3.05, 3.63) is 70.0 Å². The number of benzene rings is 2. The fourth-order valence-electron chi connectivity index (χ4n) is 2.23. The second-order valence-corrected chi connectivity index (χ2v) is 5.81. The van der Waals surface area contributed by atoms with Gasteiger partial charge in [0.25, 0.3) is 5.91 Å². The van der Waals surface area contributed by atoms with Gasteiger partial charge in [-0.15, -0.1) is 0 Å². The Balaban J connectivity index is 1.86. The summed E-state index contributed by atoms with van der Waals surface area (Å²) in [6.45, 7) is 4.48. The summed E-state index contributed by atoms with van der Waals surface area (Å²) < 4.78 is 24.5. The number of nitrogens with one attached hydrogen (secondary N) is 1. The highest BCUT2D eigenvalue weighted by atomic mass is 35.5. The second-order valence-electron chi connectivity index (χ2n) is 5.38. The second kappa shape index (κ2) is 10.1. The maximum absolute atomic E-state index is 13.7. The average Bonchev–Trinajstić information content (AvgIpc) is 2.60. The normalized spacial score (nSPS) is 10.7. The number of ether oxygens (including phenoxy) is 2. The molecule has 0 spiro atoms. The van der Waals surface area contributed by atoms with Gasteiger partial charge in [-0.25, -0.2) is 4.39 Å². The van der Waals surface area contributed by atoms with Crippen molar-refractivity contribution in [2.75, 3.05) is 19.8 Å². The summed E-state index contributed by atoms with van der Waals surface area (Å²) in [4.78, 5) is 12.1. The summed E-state index contributed by atoms with van der Waals surface area (Å²) in [6.07, 6.45) is 0. The van der Waals surface area contributed by atoms with Crippen molar-refractivity contribution in [3.63, 3.8) is 0 Å². The van der Waals surface area contributed by atoms with Gasteiger partial charge in [0, 0.05) is 18.2 Å². The molecule has 4 nitrogen and oxygen atoms in total. The van der Waals surface area contributed by atoms with Crippen LogP contribution in [0.4, 0.5) is 4.39 Å². The first-order valence-corrected chi connectivity index (χ1v) is 8.44. The monoisotopic (exact) mass is 365 g/mol. The molecule has 0 unspecified atom stereocenters. The minimum Gasteiger partial charge on any atom is -0.379 e. The highest BCUT2D eigenvalue weighted by Gasteiger charge is 2.11. The lowest BCUT2D eigenvalue weighted by Crippen LogP contribution is -2.23. The van der Waals surface area contributed by atoms with Gasteiger partial charge in [0.1, 0.15) is 5.82 Å². The summed E-state index contributed by atoms with van der Waals surface area (Å²) in [6, 6.07) is 11.7. The standard InChI is InChI=1S/C19H21ClFNO3/c1-2-24-8-9-25-13-15-5-3-4-14(10-15)12-22-19(23)17-7-6-16(20)11-18(17)21/h3-7,10-11H,2,8-9,12-13H2,1H3,(H,22,23). The lowest BCUT2D eigenvalue weighted by atomic mass is 10.1. The third kappa shape index (κ3) is 6.46. The largest absolute Gasteiger partial charge is 0.379 e. The smallest absolute Gasteiger partial charge is 0.254 e. The van der Waals surface area contributed by atoms with Crippen LogP contribution in [0.2, 0.25) is 5.02 Å². The molecule has 0 saturated carbocycles. The quantitative estimate of drug-likeness (QED) is 0.684. The molecule has 0 heterocycles. The van der Waals surface area contributed by atoms with Crippen LogP contribution in [0.5, 0.6) is 0 Å². The summed E-state index contributed by atoms with van der Waals surface area (Å²) in [5, 5.41) is 2.96. The Morgan fingerprint density at radius 1 is 1.12 bits per heavy atom. The van der Waals surface area contributed by atoms with E-state index in [1.165, 1.54) is 12.1 Å². The molecule has 0 aliphatic heterocycles. The molecule has 25 heavy (non-hydrogen) atoms. The van der Waals surface area contributed by atoms with Crippen molar-refractivity contribution in [2.24, 2.45) is 0 Å². The first-order chi connectivity index (χ1) is 12.1. The van der Waals surface area contributed by atoms with Crippen LogP contribution in [0.15, 0.2) is 42.5 Å². The van der Waals surface area contributed by atoms with Crippen molar-refractivity contribution >= 4 is 17.5 Å². The summed E-state index contributed by atoms with van der Waals surface area (Å²) in [5.74, 6) is -1.12. The molecule has 1 amide bonds. The molecule has 2 aromatic carbocycles. The van der Waals surface area contributed by atoms with Gasteiger partial charge in [0.15, 0.2) is 0 Å². The summed E-state index contributed by atoms with van der Waals surface area (Å²) in [5.41, 5.74) is 1.88. The van der Waals surface area contributed by atoms with Gasteiger partial charge in [-0.3, -0.25) is 4.79 Å². The van der Waals surface area contributed by atoms with Crippen molar-refractivity contribution in [3.8, 4) is 0 Å². The van der Waals surface area contributed by atoms with Crippen LogP contribution in [-0.4, -0.2) is 25.7 Å². The van der Waals surface area contributed by atoms with E-state index in [0.29, 0.717) is 33.0 Å². The van der Waals surface area contributed by atoms with Crippen LogP contribution in [0.3, 0.4) is 0 Å². The molecular formula is C19H21ClFNO3. The average molecular weight is 366 g/mol. The molecule has 0 radical (unpaired) electrons. The Kier molecular flexibility index (Phi) is 7.85. The van der Waals surface area contributed by atoms with Crippen LogP contribution in [-0.2, 0) is 22.6 Å². The molecular weight excluding hydrogens is 345 g/mol. The first-order valence-electron chi connectivity index (χ1n) is 8.06. The van der Waals surface area contributed by atoms with Gasteiger partial charge in [-0.05, 0) is 36.2 Å². The molecule has 2 aromatic rings. The van der Waals surface area contributed by atoms with E-state index >= 15 is 0 Å². The van der Waals surface area contributed by atoms with Crippen LogP contribution in [0.1, 0.15) is 28.4 Å². The van der Waals surface area contributed by atoms with E-state index in [4.69, 9.17) is 21.1 Å². The van der Waals surface area contributed by atoms with Gasteiger partial charge in [-0.1, -0.05) is 35.9 Å². The van der Waals surface area contributed by atoms with Crippen LogP contribution in [0, 0.1) is 5.82 Å². The number of halogens is 2. The number of carbonyl (C=O) groups excluding carboxylic acids is 1. The topological polar surface area (TPSA) is 47.6 Å². The van der Waals surface area contributed by atoms with E-state index in [0.717, 1.165) is 17.2 Å². The van der Waals surface area contributed by atoms with Crippen molar-refractivity contribution in [1.29, 1.82) is 0 Å². The lowest BCUT2D eigenvalue weighted by Gasteiger charge is -2.09. The molecule has 134 valence electrons. The number of carbonyl (C=O) groups is 1. The minimum atomic E-state index is -0.638. The van der Waals surface area contributed by atoms with Gasteiger partial charge >= 0.3 is 0 Å². The molecule has 0 aromatic heterocycles. The molecule has 2 rings (SSSR count). The van der Waals surface area contributed by atoms with Crippen LogP contribution >= 0.6 is 11.6 Å². The molecule has 1 N–H and O–H groups in total. The Morgan fingerprint density at radius 2 is 1.88 bits per heavy atom. The van der Waals surface area contributed by atoms with Crippen LogP contribution < -0.4 is 5.32 Å². The fourth-order valence-corrected chi connectivity index (χ4v) is 2.39. The van der Waals surface area contributed by atoms with Gasteiger partial charge in [-0.2, -0.15) is 0 Å². The van der Waals surface area contributed by atoms with Gasteiger partial charge in [0.2, 0.25) is 0 Å². The Bertz CT molecular complexity index is 709. The van der Waals surface area contributed by atoms with E-state index < -0.39 is 11.7 Å². The predicted octanol–water partition coefficient (Wildman–Crippen LogP) is 3.96. The third-order valence-corrected chi connectivity index (χ3v) is 3.70. The Hall–Kier alpha value is -1.95. The highest BCUT2D eigenvalue weighted by molar-refractivity contribution is 6.30. The van der Waals surface area contributed by atoms with Gasteiger partial charge in [0.05, 0.1) is 25.4 Å². The van der Waals surface area contributed by atoms with E-state index in [1.807, 2.05) is 31.2 Å². The summed E-state index contributed by atoms with van der Waals surface area (Å²) >= 11 is 5.69. The number of hydrogen-bond donors (Lipinski definition) is 1. The van der Waals surface area contributed by atoms with Crippen LogP contribution in [0.25, 0.3) is 0 Å². The maximum atomic E-state index is 13.7. The van der Waals surface area contributed by atoms with E-state index in [2.05, 4.69) is 5.32 Å². The molecule has 0 atom stereocenters. The number of hydrogen-bond acceptors (Lipinski definition) is 3. The zero-order valence-electron chi connectivity index (χ0n) is 14.1. The van der Waals surface area contributed by atoms with Crippen molar-refractivity contribution in [2.45, 2.75) is 20.1 Å². The van der Waals surface area contributed by atoms with E-state index in [1.54, 1.807) is 0 Å². The molecule has 6 heteroatoms. The molecule has 0 aliphatic rings. The molecule has 0 aliphatic carbocycles. The van der Waals surface area contributed by atoms with Gasteiger partial charge < -0.3 is 14.8 Å². The predicted molar refractivity (Wildman–Crippen MR) is 95.2 cm³/mol. The van der Waals surface area contributed by atoms with E-state index in [-0.39, 0.29) is 10.6 Å².